The zero-order valence-corrected chi connectivity index (χ0v) is 41.6. The zero-order chi connectivity index (χ0) is 48.9. The minimum atomic E-state index is -2.42. The number of amides is 1. The van der Waals surface area contributed by atoms with Gasteiger partial charge in [0.2, 0.25) is 5.79 Å². The second-order valence-corrected chi connectivity index (χ2v) is 19.8. The Morgan fingerprint density at radius 2 is 1.53 bits per heavy atom. The molecule has 3 aliphatic heterocycles. The number of hydrogen-bond donors (Lipinski definition) is 2. The number of carbonyl (C=O) groups excluding carboxylic acids is 5. The van der Waals surface area contributed by atoms with Gasteiger partial charge in [-0.1, -0.05) is 71.1 Å². The van der Waals surface area contributed by atoms with Crippen LogP contribution in [0.1, 0.15) is 126 Å². The molecule has 2 N–H and O–H groups in total. The van der Waals surface area contributed by atoms with E-state index < -0.39 is 77.8 Å². The first kappa shape index (κ1) is 55.2. The fourth-order valence-corrected chi connectivity index (χ4v) is 10.4. The van der Waals surface area contributed by atoms with Crippen LogP contribution >= 0.6 is 0 Å². The van der Waals surface area contributed by atoms with E-state index in [1.807, 2.05) is 58.1 Å². The number of esters is 1. The molecule has 4 aliphatic rings. The van der Waals surface area contributed by atoms with Crippen LogP contribution in [0.15, 0.2) is 47.6 Å². The molecule has 0 aromatic carbocycles. The Kier molecular flexibility index (Phi) is 21.6. The maximum atomic E-state index is 14.4. The van der Waals surface area contributed by atoms with Crippen LogP contribution in [-0.2, 0) is 52.4 Å². The molecule has 0 spiro atoms. The average molecular weight is 928 g/mol. The van der Waals surface area contributed by atoms with Gasteiger partial charge in [-0.15, -0.1) is 0 Å². The Bertz CT molecular complexity index is 1770. The van der Waals surface area contributed by atoms with Crippen LogP contribution in [-0.4, -0.2) is 134 Å². The largest absolute Gasteiger partial charge is 0.460 e. The summed E-state index contributed by atoms with van der Waals surface area (Å²) in [5.74, 6) is -7.72. The molecule has 2 saturated heterocycles. The molecule has 1 aliphatic carbocycles. The molecule has 15 unspecified atom stereocenters. The van der Waals surface area contributed by atoms with Crippen molar-refractivity contribution >= 4 is 29.2 Å². The van der Waals surface area contributed by atoms with Gasteiger partial charge >= 0.3 is 5.97 Å². The lowest BCUT2D eigenvalue weighted by molar-refractivity contribution is -0.265. The third kappa shape index (κ3) is 14.3. The van der Waals surface area contributed by atoms with Crippen molar-refractivity contribution in [3.05, 3.63) is 47.6 Å². The Balaban J connectivity index is 1.70. The van der Waals surface area contributed by atoms with E-state index in [1.165, 1.54) is 12.0 Å². The second-order valence-electron chi connectivity index (χ2n) is 19.8. The highest BCUT2D eigenvalue weighted by Crippen LogP contribution is 2.38. The molecule has 66 heavy (non-hydrogen) atoms. The number of methoxy groups -OCH3 is 4. The van der Waals surface area contributed by atoms with Gasteiger partial charge in [-0.25, -0.2) is 4.79 Å². The van der Waals surface area contributed by atoms with Gasteiger partial charge in [0, 0.05) is 65.6 Å². The molecule has 15 atom stereocenters. The molecule has 14 nitrogen and oxygen atoms in total. The number of allylic oxidation sites excluding steroid dienone is 6. The average Bonchev–Trinajstić information content (AvgIpc) is 3.30. The number of nitrogens with zero attached hydrogens (tertiary/aromatic N) is 1. The molecule has 14 heteroatoms. The summed E-state index contributed by atoms with van der Waals surface area (Å²) in [6, 6.07) is -1.12. The van der Waals surface area contributed by atoms with Crippen LogP contribution in [0.4, 0.5) is 0 Å². The Morgan fingerprint density at radius 3 is 2.20 bits per heavy atom. The Labute approximate surface area is 393 Å². The summed E-state index contributed by atoms with van der Waals surface area (Å²) in [6.45, 7) is 12.8. The van der Waals surface area contributed by atoms with Gasteiger partial charge in [0.15, 0.2) is 5.78 Å². The van der Waals surface area contributed by atoms with Gasteiger partial charge in [-0.2, -0.15) is 0 Å². The third-order valence-corrected chi connectivity index (χ3v) is 14.8. The smallest absolute Gasteiger partial charge is 0.329 e. The number of cyclic esters (lactones) is 1. The first-order valence-corrected chi connectivity index (χ1v) is 24.3. The highest BCUT2D eigenvalue weighted by atomic mass is 16.6. The number of aliphatic hydroxyl groups excluding tert-OH is 1. The molecule has 4 rings (SSSR count). The van der Waals surface area contributed by atoms with Crippen LogP contribution in [0, 0.1) is 35.5 Å². The van der Waals surface area contributed by atoms with E-state index in [1.54, 1.807) is 48.2 Å². The predicted octanol–water partition coefficient (Wildman–Crippen LogP) is 6.83. The molecule has 1 amide bonds. The summed E-state index contributed by atoms with van der Waals surface area (Å²) in [5, 5.41) is 23.4. The van der Waals surface area contributed by atoms with Crippen LogP contribution in [0.3, 0.4) is 0 Å². The molecule has 1 saturated carbocycles. The Morgan fingerprint density at radius 1 is 0.818 bits per heavy atom. The lowest BCUT2D eigenvalue weighted by atomic mass is 9.78. The molecular weight excluding hydrogens is 847 g/mol. The van der Waals surface area contributed by atoms with Gasteiger partial charge in [0.05, 0.1) is 24.4 Å². The number of hydrogen-bond acceptors (Lipinski definition) is 13. The third-order valence-electron chi connectivity index (χ3n) is 14.8. The SMILES string of the molecule is COC1CC2CCC(C)C(O)(O2)C(=O)C(=O)N2CCCCC2C(=O)OC(C(C)CC2CCC(OC)C(OC)C2)CC(=O)C(C)/C=C(\C)C(O)C(OC)C(=O)C(C)CC(C)\C=C/C=C/C=C/1C. The summed E-state index contributed by atoms with van der Waals surface area (Å²) in [7, 11) is 6.31. The molecule has 2 bridgehead atoms. The van der Waals surface area contributed by atoms with E-state index in [-0.39, 0.29) is 60.9 Å². The second kappa shape index (κ2) is 25.8. The van der Waals surface area contributed by atoms with Gasteiger partial charge < -0.3 is 43.5 Å². The maximum Gasteiger partial charge on any atom is 0.329 e. The maximum absolute atomic E-state index is 14.4. The Hall–Kier alpha value is -3.37. The molecule has 3 fully saturated rings. The minimum absolute atomic E-state index is 0.0246. The summed E-state index contributed by atoms with van der Waals surface area (Å²) in [5.41, 5.74) is 1.29. The number of aliphatic hydroxyl groups is 2. The first-order valence-electron chi connectivity index (χ1n) is 24.3. The van der Waals surface area contributed by atoms with Crippen molar-refractivity contribution in [2.45, 2.75) is 180 Å². The quantitative estimate of drug-likeness (QED) is 0.154. The van der Waals surface area contributed by atoms with E-state index in [4.69, 9.17) is 28.4 Å². The summed E-state index contributed by atoms with van der Waals surface area (Å²) in [6.07, 6.45) is 12.7. The van der Waals surface area contributed by atoms with Gasteiger partial charge in [0.1, 0.15) is 30.1 Å². The first-order chi connectivity index (χ1) is 31.3. The lowest BCUT2D eigenvalue weighted by Crippen LogP contribution is -2.61. The van der Waals surface area contributed by atoms with E-state index in [2.05, 4.69) is 0 Å². The number of rotatable bonds is 7. The van der Waals surface area contributed by atoms with E-state index in [0.717, 1.165) is 24.8 Å². The highest BCUT2D eigenvalue weighted by Gasteiger charge is 2.53. The normalized spacial score (nSPS) is 40.0. The molecule has 0 radical (unpaired) electrons. The van der Waals surface area contributed by atoms with E-state index in [9.17, 15) is 34.2 Å². The predicted molar refractivity (Wildman–Crippen MR) is 250 cm³/mol. The number of ketones is 3. The molecular formula is C52H81NO13. The van der Waals surface area contributed by atoms with E-state index >= 15 is 0 Å². The summed E-state index contributed by atoms with van der Waals surface area (Å²) < 4.78 is 35.3. The number of Topliss-reactive ketones (excluding diaryl/α,β-unsaturated/α-hetero) is 3. The van der Waals surface area contributed by atoms with Crippen molar-refractivity contribution in [3.8, 4) is 0 Å². The fourth-order valence-electron chi connectivity index (χ4n) is 10.4. The van der Waals surface area contributed by atoms with Crippen molar-refractivity contribution in [1.82, 2.24) is 4.90 Å². The van der Waals surface area contributed by atoms with Crippen molar-refractivity contribution in [2.75, 3.05) is 35.0 Å². The monoisotopic (exact) mass is 928 g/mol. The topological polar surface area (TPSA) is 184 Å². The van der Waals surface area contributed by atoms with Crippen LogP contribution in [0.5, 0.6) is 0 Å². The van der Waals surface area contributed by atoms with Gasteiger partial charge in [-0.3, -0.25) is 19.2 Å². The van der Waals surface area contributed by atoms with Crippen LogP contribution in [0.25, 0.3) is 0 Å². The number of ether oxygens (including phenoxy) is 6. The molecule has 3 heterocycles. The van der Waals surface area contributed by atoms with Crippen molar-refractivity contribution < 1.29 is 62.6 Å². The molecule has 0 aromatic rings. The van der Waals surface area contributed by atoms with Crippen LogP contribution < -0.4 is 0 Å². The molecule has 0 aromatic heterocycles. The number of fused-ring (bicyclic) bond motifs is 3. The van der Waals surface area contributed by atoms with Crippen molar-refractivity contribution in [1.29, 1.82) is 0 Å². The standard InChI is InChI=1S/C52H81NO13/c1-31-17-13-12-14-18-32(2)43(62-9)29-39-22-20-37(7)52(60,66-39)49(57)50(58)53-24-16-15-19-40(53)51(59)65-44(34(4)27-38-21-23-42(61-8)45(28-38)63-10)30-41(54)33(3)26-36(6)47(56)48(64-11)46(55)35(5)25-31/h12-14,17-18,26,31,33-35,37-40,42-45,47-48,56,60H,15-16,19-25,27-30H2,1-11H3/b14-12+,17-13-,32-18+,36-26+. The van der Waals surface area contributed by atoms with Gasteiger partial charge in [-0.05, 0) is 107 Å². The van der Waals surface area contributed by atoms with Crippen molar-refractivity contribution in [3.63, 3.8) is 0 Å². The zero-order valence-electron chi connectivity index (χ0n) is 41.6. The lowest BCUT2D eigenvalue weighted by Gasteiger charge is -2.42. The van der Waals surface area contributed by atoms with Gasteiger partial charge in [0.25, 0.3) is 11.7 Å². The fraction of sp³-hybridized carbons (Fsp3) is 0.750. The minimum Gasteiger partial charge on any atom is -0.460 e. The summed E-state index contributed by atoms with van der Waals surface area (Å²) in [4.78, 5) is 72.0. The van der Waals surface area contributed by atoms with Crippen LogP contribution in [0.2, 0.25) is 0 Å². The summed E-state index contributed by atoms with van der Waals surface area (Å²) >= 11 is 0. The highest BCUT2D eigenvalue weighted by molar-refractivity contribution is 6.39. The molecule has 372 valence electrons. The number of carbonyl (C=O) groups is 5. The van der Waals surface area contributed by atoms with E-state index in [0.29, 0.717) is 50.5 Å². The number of piperidine rings is 1. The van der Waals surface area contributed by atoms with Crippen molar-refractivity contribution in [2.24, 2.45) is 35.5 Å².